The van der Waals surface area contributed by atoms with E-state index in [2.05, 4.69) is 16.0 Å². The van der Waals surface area contributed by atoms with E-state index in [1.54, 1.807) is 44.6 Å². The largest absolute Gasteiger partial charge is 0.497 e. The Labute approximate surface area is 244 Å². The molecule has 3 N–H and O–H groups in total. The van der Waals surface area contributed by atoms with Crippen molar-refractivity contribution in [2.24, 2.45) is 0 Å². The van der Waals surface area contributed by atoms with Crippen molar-refractivity contribution in [2.45, 2.75) is 25.8 Å². The molecule has 3 aromatic rings. The molecule has 0 spiro atoms. The van der Waals surface area contributed by atoms with Crippen molar-refractivity contribution in [3.63, 3.8) is 0 Å². The molecule has 4 rings (SSSR count). The van der Waals surface area contributed by atoms with E-state index in [-0.39, 0.29) is 23.6 Å². The summed E-state index contributed by atoms with van der Waals surface area (Å²) < 4.78 is 27.6. The monoisotopic (exact) mass is 577 g/mol. The van der Waals surface area contributed by atoms with Gasteiger partial charge in [-0.3, -0.25) is 14.4 Å². The van der Waals surface area contributed by atoms with Crippen molar-refractivity contribution in [1.29, 1.82) is 0 Å². The molecule has 222 valence electrons. The van der Waals surface area contributed by atoms with Gasteiger partial charge >= 0.3 is 0 Å². The van der Waals surface area contributed by atoms with Crippen LogP contribution in [0.15, 0.2) is 47.3 Å². The number of fused-ring (bicyclic) bond motifs is 3. The lowest BCUT2D eigenvalue weighted by molar-refractivity contribution is -0.119. The van der Waals surface area contributed by atoms with Gasteiger partial charge in [-0.2, -0.15) is 0 Å². The van der Waals surface area contributed by atoms with Crippen LogP contribution in [0.5, 0.6) is 28.7 Å². The second-order valence-corrected chi connectivity index (χ2v) is 9.56. The predicted molar refractivity (Wildman–Crippen MR) is 159 cm³/mol. The molecule has 0 unspecified atom stereocenters. The van der Waals surface area contributed by atoms with E-state index in [1.165, 1.54) is 34.3 Å². The Bertz CT molecular complexity index is 1560. The minimum absolute atomic E-state index is 0.190. The van der Waals surface area contributed by atoms with Gasteiger partial charge in [-0.1, -0.05) is 6.07 Å². The van der Waals surface area contributed by atoms with E-state index in [4.69, 9.17) is 23.7 Å². The highest BCUT2D eigenvalue weighted by Crippen LogP contribution is 2.50. The number of anilines is 2. The van der Waals surface area contributed by atoms with Crippen LogP contribution in [0.2, 0.25) is 0 Å². The highest BCUT2D eigenvalue weighted by atomic mass is 16.5. The van der Waals surface area contributed by atoms with E-state index in [9.17, 15) is 14.4 Å². The van der Waals surface area contributed by atoms with Gasteiger partial charge in [0.25, 0.3) is 0 Å². The number of aryl methyl sites for hydroxylation is 1. The van der Waals surface area contributed by atoms with Crippen molar-refractivity contribution < 1.29 is 33.3 Å². The Kier molecular flexibility index (Phi) is 9.41. The van der Waals surface area contributed by atoms with Gasteiger partial charge in [0.1, 0.15) is 11.5 Å². The normalized spacial score (nSPS) is 13.4. The smallest absolute Gasteiger partial charge is 0.243 e. The van der Waals surface area contributed by atoms with Crippen LogP contribution < -0.4 is 45.1 Å². The maximum atomic E-state index is 13.5. The number of nitrogens with one attached hydrogen (secondary N) is 3. The lowest BCUT2D eigenvalue weighted by Gasteiger charge is -2.19. The van der Waals surface area contributed by atoms with Gasteiger partial charge in [0, 0.05) is 18.6 Å². The molecule has 0 radical (unpaired) electrons. The lowest BCUT2D eigenvalue weighted by atomic mass is 9.95. The number of ether oxygens (including phenoxy) is 5. The summed E-state index contributed by atoms with van der Waals surface area (Å²) >= 11 is 0. The molecule has 1 atom stereocenters. The number of benzene rings is 2. The van der Waals surface area contributed by atoms with Gasteiger partial charge in [-0.15, -0.1) is 0 Å². The van der Waals surface area contributed by atoms with Crippen LogP contribution in [-0.4, -0.2) is 53.9 Å². The molecule has 1 aliphatic carbocycles. The molecule has 0 heterocycles. The first-order chi connectivity index (χ1) is 20.2. The first-order valence-electron chi connectivity index (χ1n) is 13.3. The minimum Gasteiger partial charge on any atom is -0.497 e. The van der Waals surface area contributed by atoms with Crippen LogP contribution in [0.1, 0.15) is 30.5 Å². The molecular weight excluding hydrogens is 542 g/mol. The summed E-state index contributed by atoms with van der Waals surface area (Å²) in [6.07, 6.45) is 1.12. The summed E-state index contributed by atoms with van der Waals surface area (Å²) in [6, 6.07) is 11.4. The number of amides is 2. The van der Waals surface area contributed by atoms with Crippen molar-refractivity contribution in [3.8, 4) is 39.9 Å². The zero-order valence-corrected chi connectivity index (χ0v) is 24.5. The zero-order chi connectivity index (χ0) is 30.4. The maximum Gasteiger partial charge on any atom is 0.243 e. The maximum absolute atomic E-state index is 13.5. The van der Waals surface area contributed by atoms with Crippen LogP contribution in [0.4, 0.5) is 11.4 Å². The Balaban J connectivity index is 1.74. The van der Waals surface area contributed by atoms with Crippen molar-refractivity contribution in [1.82, 2.24) is 5.32 Å². The second-order valence-electron chi connectivity index (χ2n) is 9.56. The number of carbonyl (C=O) groups is 2. The SMILES string of the molecule is COc1ccc(OC)c(NC(=O)CNc2ccc3c(cc2=O)[C@@H](NC(C)=O)CCc2cc(OC)c(OC)c(OC)c2-3)c1. The highest BCUT2D eigenvalue weighted by Gasteiger charge is 2.29. The average Bonchev–Trinajstić information content (AvgIpc) is 3.23. The van der Waals surface area contributed by atoms with E-state index < -0.39 is 11.9 Å². The second kappa shape index (κ2) is 13.2. The molecule has 0 fully saturated rings. The summed E-state index contributed by atoms with van der Waals surface area (Å²) in [5.41, 5.74) is 3.26. The number of rotatable bonds is 10. The topological polar surface area (TPSA) is 133 Å². The van der Waals surface area contributed by atoms with Crippen LogP contribution in [0, 0.1) is 0 Å². The number of hydrogen-bond acceptors (Lipinski definition) is 9. The summed E-state index contributed by atoms with van der Waals surface area (Å²) in [4.78, 5) is 38.4. The Morgan fingerprint density at radius 1 is 0.833 bits per heavy atom. The first-order valence-corrected chi connectivity index (χ1v) is 13.3. The molecular formula is C31H35N3O8. The molecule has 11 nitrogen and oxygen atoms in total. The fourth-order valence-corrected chi connectivity index (χ4v) is 5.14. The summed E-state index contributed by atoms with van der Waals surface area (Å²) in [5, 5.41) is 8.70. The van der Waals surface area contributed by atoms with E-state index in [0.717, 1.165) is 11.1 Å². The van der Waals surface area contributed by atoms with E-state index in [0.29, 0.717) is 58.4 Å². The fourth-order valence-electron chi connectivity index (χ4n) is 5.14. The van der Waals surface area contributed by atoms with Crippen molar-refractivity contribution in [2.75, 3.05) is 52.7 Å². The molecule has 0 saturated heterocycles. The standard InChI is InChI=1S/C31H35N3O8/c1-17(35)33-22-10-7-18-13-27(40-4)30(41-5)31(42-6)29(18)20-9-11-23(25(36)15-21(20)22)32-16-28(37)34-24-14-19(38-2)8-12-26(24)39-3/h8-9,11-15,22H,7,10,16H2,1-6H3,(H,32,36)(H,33,35)(H,34,37)/t22-/m0/s1. The highest BCUT2D eigenvalue weighted by molar-refractivity contribution is 5.95. The van der Waals surface area contributed by atoms with Crippen LogP contribution >= 0.6 is 0 Å². The Morgan fingerprint density at radius 3 is 2.21 bits per heavy atom. The summed E-state index contributed by atoms with van der Waals surface area (Å²) in [7, 11) is 7.65. The minimum atomic E-state index is -0.441. The molecule has 3 aromatic carbocycles. The fraction of sp³-hybridized carbons (Fsp3) is 0.323. The molecule has 0 bridgehead atoms. The number of hydrogen-bond donors (Lipinski definition) is 3. The van der Waals surface area contributed by atoms with Gasteiger partial charge in [0.2, 0.25) is 23.0 Å². The third kappa shape index (κ3) is 6.19. The molecule has 0 aliphatic heterocycles. The van der Waals surface area contributed by atoms with Gasteiger partial charge in [-0.05, 0) is 59.9 Å². The predicted octanol–water partition coefficient (Wildman–Crippen LogP) is 3.93. The molecule has 1 aliphatic rings. The molecule has 2 amide bonds. The third-order valence-electron chi connectivity index (χ3n) is 7.04. The van der Waals surface area contributed by atoms with Crippen molar-refractivity contribution >= 4 is 23.2 Å². The average molecular weight is 578 g/mol. The first kappa shape index (κ1) is 30.0. The van der Waals surface area contributed by atoms with Crippen LogP contribution in [0.25, 0.3) is 11.1 Å². The lowest BCUT2D eigenvalue weighted by Crippen LogP contribution is -2.27. The van der Waals surface area contributed by atoms with Gasteiger partial charge in [-0.25, -0.2) is 0 Å². The zero-order valence-electron chi connectivity index (χ0n) is 24.5. The molecule has 42 heavy (non-hydrogen) atoms. The van der Waals surface area contributed by atoms with Gasteiger partial charge < -0.3 is 39.6 Å². The third-order valence-corrected chi connectivity index (χ3v) is 7.04. The van der Waals surface area contributed by atoms with Gasteiger partial charge in [0.05, 0.1) is 59.5 Å². The van der Waals surface area contributed by atoms with Crippen molar-refractivity contribution in [3.05, 3.63) is 63.8 Å². The molecule has 0 saturated carbocycles. The summed E-state index contributed by atoms with van der Waals surface area (Å²) in [6.45, 7) is 1.25. The Hall–Kier alpha value is -4.93. The number of carbonyl (C=O) groups excluding carboxylic acids is 2. The van der Waals surface area contributed by atoms with E-state index in [1.807, 2.05) is 6.07 Å². The molecule has 11 heteroatoms. The van der Waals surface area contributed by atoms with Crippen LogP contribution in [-0.2, 0) is 16.0 Å². The van der Waals surface area contributed by atoms with E-state index >= 15 is 0 Å². The van der Waals surface area contributed by atoms with Gasteiger partial charge in [0.15, 0.2) is 11.5 Å². The number of methoxy groups -OCH3 is 5. The summed E-state index contributed by atoms with van der Waals surface area (Å²) in [5.74, 6) is 1.78. The quantitative estimate of drug-likeness (QED) is 0.328. The van der Waals surface area contributed by atoms with Crippen LogP contribution in [0.3, 0.4) is 0 Å². The Morgan fingerprint density at radius 2 is 1.57 bits per heavy atom. The molecule has 0 aromatic heterocycles.